The van der Waals surface area contributed by atoms with E-state index in [0.29, 0.717) is 5.88 Å². The number of nitrogens with zero attached hydrogens (tertiary/aromatic N) is 3. The molecule has 0 spiro atoms. The van der Waals surface area contributed by atoms with Crippen molar-refractivity contribution in [3.05, 3.63) is 53.5 Å². The van der Waals surface area contributed by atoms with E-state index in [1.807, 2.05) is 4.90 Å². The molecule has 2 heterocycles. The summed E-state index contributed by atoms with van der Waals surface area (Å²) in [4.78, 5) is 22.0. The maximum atomic E-state index is 13.6. The van der Waals surface area contributed by atoms with Gasteiger partial charge >= 0.3 is 0 Å². The van der Waals surface area contributed by atoms with Crippen LogP contribution in [0.2, 0.25) is 0 Å². The number of amides is 1. The van der Waals surface area contributed by atoms with E-state index in [1.54, 1.807) is 6.07 Å². The molecule has 0 radical (unpaired) electrons. The van der Waals surface area contributed by atoms with Crippen molar-refractivity contribution in [3.63, 3.8) is 0 Å². The number of ether oxygens (including phenoxy) is 1. The molecule has 34 heavy (non-hydrogen) atoms. The molecule has 6 nitrogen and oxygen atoms in total. The molecule has 1 aromatic heterocycles. The van der Waals surface area contributed by atoms with Crippen LogP contribution in [-0.4, -0.2) is 54.1 Å². The number of nitrogens with one attached hydrogen (secondary N) is 1. The number of rotatable bonds is 7. The number of aryl methyl sites for hydroxylation is 1. The maximum Gasteiger partial charge on any atom is 0.230 e. The van der Waals surface area contributed by atoms with Crippen molar-refractivity contribution in [2.75, 3.05) is 31.1 Å². The average Bonchev–Trinajstić information content (AvgIpc) is 2.83. The number of aromatic nitrogens is 1. The smallest absolute Gasteiger partial charge is 0.230 e. The molecule has 1 aliphatic carbocycles. The Balaban J connectivity index is 1.37. The number of carbonyl (C=O) groups excluding carboxylic acids is 1. The first-order valence-electron chi connectivity index (χ1n) is 12.5. The molecular formula is C27H37FN4O2. The Kier molecular flexibility index (Phi) is 8.16. The third-order valence-electron chi connectivity index (χ3n) is 6.97. The molecule has 0 atom stereocenters. The highest BCUT2D eigenvalue weighted by Gasteiger charge is 2.32. The van der Waals surface area contributed by atoms with Crippen LogP contribution in [0.15, 0.2) is 36.5 Å². The van der Waals surface area contributed by atoms with Crippen molar-refractivity contribution in [1.29, 1.82) is 0 Å². The number of anilines is 1. The monoisotopic (exact) mass is 468 g/mol. The third kappa shape index (κ3) is 6.13. The van der Waals surface area contributed by atoms with Gasteiger partial charge in [-0.1, -0.05) is 6.07 Å². The first kappa shape index (κ1) is 24.6. The second-order valence-corrected chi connectivity index (χ2v) is 9.85. The van der Waals surface area contributed by atoms with Gasteiger partial charge in [0.05, 0.1) is 6.20 Å². The molecule has 1 aliphatic heterocycles. The van der Waals surface area contributed by atoms with E-state index in [9.17, 15) is 9.18 Å². The minimum absolute atomic E-state index is 0.00994. The van der Waals surface area contributed by atoms with Gasteiger partial charge in [0.1, 0.15) is 11.9 Å². The highest BCUT2D eigenvalue weighted by molar-refractivity contribution is 5.95. The van der Waals surface area contributed by atoms with Crippen molar-refractivity contribution in [2.45, 2.75) is 65.1 Å². The van der Waals surface area contributed by atoms with Crippen molar-refractivity contribution in [3.8, 4) is 5.88 Å². The summed E-state index contributed by atoms with van der Waals surface area (Å²) < 4.78 is 19.0. The fraction of sp³-hybridized carbons (Fsp3) is 0.556. The van der Waals surface area contributed by atoms with E-state index in [2.05, 4.69) is 54.2 Å². The lowest BCUT2D eigenvalue weighted by atomic mass is 9.86. The van der Waals surface area contributed by atoms with Gasteiger partial charge in [-0.3, -0.25) is 9.69 Å². The Morgan fingerprint density at radius 2 is 1.91 bits per heavy atom. The van der Waals surface area contributed by atoms with Crippen LogP contribution in [-0.2, 0) is 11.3 Å². The predicted molar refractivity (Wildman–Crippen MR) is 133 cm³/mol. The first-order chi connectivity index (χ1) is 16.4. The number of pyridine rings is 1. The van der Waals surface area contributed by atoms with Crippen LogP contribution in [0.5, 0.6) is 5.88 Å². The van der Waals surface area contributed by atoms with E-state index < -0.39 is 0 Å². The zero-order valence-corrected chi connectivity index (χ0v) is 20.6. The number of benzene rings is 1. The first-order valence-corrected chi connectivity index (χ1v) is 12.5. The van der Waals surface area contributed by atoms with Gasteiger partial charge < -0.3 is 15.0 Å². The molecule has 1 saturated carbocycles. The van der Waals surface area contributed by atoms with Crippen molar-refractivity contribution >= 4 is 11.6 Å². The van der Waals surface area contributed by atoms with E-state index in [-0.39, 0.29) is 29.8 Å². The molecule has 2 aliphatic rings. The minimum Gasteiger partial charge on any atom is -0.474 e. The van der Waals surface area contributed by atoms with Crippen molar-refractivity contribution < 1.29 is 13.9 Å². The summed E-state index contributed by atoms with van der Waals surface area (Å²) in [7, 11) is 0. The average molecular weight is 469 g/mol. The molecule has 2 fully saturated rings. The summed E-state index contributed by atoms with van der Waals surface area (Å²) in [6.07, 6.45) is 4.35. The van der Waals surface area contributed by atoms with Gasteiger partial charge in [-0.15, -0.1) is 0 Å². The summed E-state index contributed by atoms with van der Waals surface area (Å²) in [6.45, 7) is 11.5. The molecule has 184 valence electrons. The minimum atomic E-state index is -0.373. The van der Waals surface area contributed by atoms with Crippen LogP contribution < -0.4 is 15.0 Å². The van der Waals surface area contributed by atoms with E-state index in [1.165, 1.54) is 23.4 Å². The molecule has 2 aromatic rings. The standard InChI is InChI=1S/C27H37FN4O2/c1-19(2)32(24-8-4-22(20(3)16-24)18-31-14-12-29-13-15-31)27(33)21-5-9-25(10-6-21)34-26-11-7-23(28)17-30-26/h4,7-8,11,16-17,19,21,25,29H,5-6,9-10,12-15,18H2,1-3H3/t21-,25-. The highest BCUT2D eigenvalue weighted by atomic mass is 19.1. The Labute approximate surface area is 202 Å². The quantitative estimate of drug-likeness (QED) is 0.656. The van der Waals surface area contributed by atoms with E-state index >= 15 is 0 Å². The lowest BCUT2D eigenvalue weighted by molar-refractivity contribution is -0.124. The van der Waals surface area contributed by atoms with Crippen LogP contribution in [0.4, 0.5) is 10.1 Å². The van der Waals surface area contributed by atoms with Crippen LogP contribution in [0, 0.1) is 18.7 Å². The van der Waals surface area contributed by atoms with Gasteiger partial charge in [0.25, 0.3) is 0 Å². The number of piperazine rings is 1. The van der Waals surface area contributed by atoms with Crippen molar-refractivity contribution in [2.24, 2.45) is 5.92 Å². The third-order valence-corrected chi connectivity index (χ3v) is 6.97. The summed E-state index contributed by atoms with van der Waals surface area (Å²) in [5.41, 5.74) is 3.54. The fourth-order valence-corrected chi connectivity index (χ4v) is 5.02. The Morgan fingerprint density at radius 1 is 1.18 bits per heavy atom. The highest BCUT2D eigenvalue weighted by Crippen LogP contribution is 2.31. The lowest BCUT2D eigenvalue weighted by Gasteiger charge is -2.34. The van der Waals surface area contributed by atoms with Gasteiger partial charge in [0, 0.05) is 56.4 Å². The van der Waals surface area contributed by atoms with Crippen molar-refractivity contribution in [1.82, 2.24) is 15.2 Å². The summed E-state index contributed by atoms with van der Waals surface area (Å²) in [5.74, 6) is 0.255. The molecule has 1 aromatic carbocycles. The van der Waals surface area contributed by atoms with Crippen LogP contribution >= 0.6 is 0 Å². The van der Waals surface area contributed by atoms with E-state index in [4.69, 9.17) is 4.74 Å². The molecule has 0 bridgehead atoms. The van der Waals surface area contributed by atoms with Crippen LogP contribution in [0.25, 0.3) is 0 Å². The maximum absolute atomic E-state index is 13.6. The Hall–Kier alpha value is -2.51. The van der Waals surface area contributed by atoms with Gasteiger partial charge in [-0.05, 0) is 75.8 Å². The molecule has 4 rings (SSSR count). The molecule has 1 saturated heterocycles. The van der Waals surface area contributed by atoms with E-state index in [0.717, 1.165) is 64.1 Å². The Morgan fingerprint density at radius 3 is 2.53 bits per heavy atom. The van der Waals surface area contributed by atoms with Crippen LogP contribution in [0.3, 0.4) is 0 Å². The summed E-state index contributed by atoms with van der Waals surface area (Å²) in [5, 5.41) is 3.40. The molecular weight excluding hydrogens is 431 g/mol. The number of carbonyl (C=O) groups is 1. The fourth-order valence-electron chi connectivity index (χ4n) is 5.02. The lowest BCUT2D eigenvalue weighted by Crippen LogP contribution is -2.43. The largest absolute Gasteiger partial charge is 0.474 e. The molecule has 1 N–H and O–H groups in total. The normalized spacial score (nSPS) is 21.4. The molecule has 1 amide bonds. The zero-order valence-electron chi connectivity index (χ0n) is 20.6. The summed E-state index contributed by atoms with van der Waals surface area (Å²) >= 11 is 0. The number of halogens is 1. The predicted octanol–water partition coefficient (Wildman–Crippen LogP) is 4.31. The SMILES string of the molecule is Cc1cc(N(C(=O)[C@H]2CC[C@H](Oc3ccc(F)cn3)CC2)C(C)C)ccc1CN1CCNCC1. The number of hydrogen-bond acceptors (Lipinski definition) is 5. The Bertz CT molecular complexity index is 952. The topological polar surface area (TPSA) is 57.7 Å². The van der Waals surface area contributed by atoms with Gasteiger partial charge in [0.2, 0.25) is 11.8 Å². The molecule has 0 unspecified atom stereocenters. The molecule has 7 heteroatoms. The summed E-state index contributed by atoms with van der Waals surface area (Å²) in [6, 6.07) is 9.47. The number of hydrogen-bond donors (Lipinski definition) is 1. The van der Waals surface area contributed by atoms with Crippen LogP contribution in [0.1, 0.15) is 50.7 Å². The van der Waals surface area contributed by atoms with Gasteiger partial charge in [-0.25, -0.2) is 9.37 Å². The van der Waals surface area contributed by atoms with Gasteiger partial charge in [-0.2, -0.15) is 0 Å². The second kappa shape index (κ2) is 11.3. The van der Waals surface area contributed by atoms with Gasteiger partial charge in [0.15, 0.2) is 0 Å². The second-order valence-electron chi connectivity index (χ2n) is 9.85. The zero-order chi connectivity index (χ0) is 24.1.